The maximum absolute atomic E-state index is 11.2. The number of nitrogens with one attached hydrogen (secondary N) is 1. The number of nitrogen functional groups attached to an aromatic ring is 1. The molecule has 0 aliphatic rings. The van der Waals surface area contributed by atoms with Crippen molar-refractivity contribution < 1.29 is 4.79 Å². The standard InChI is InChI=1S/C13H21N3O/c1-3-16(8-7-13(17)15-2)10-11-5-4-6-12(14)9-11/h4-6,9H,3,7-8,10,14H2,1-2H3,(H,15,17). The molecule has 0 unspecified atom stereocenters. The van der Waals surface area contributed by atoms with E-state index in [1.165, 1.54) is 5.56 Å². The Kier molecular flexibility index (Phi) is 5.49. The van der Waals surface area contributed by atoms with Gasteiger partial charge in [0.15, 0.2) is 0 Å². The molecule has 0 atom stereocenters. The lowest BCUT2D eigenvalue weighted by Crippen LogP contribution is -2.29. The van der Waals surface area contributed by atoms with Gasteiger partial charge in [0.25, 0.3) is 0 Å². The molecule has 1 aromatic rings. The number of carbonyl (C=O) groups is 1. The van der Waals surface area contributed by atoms with E-state index in [4.69, 9.17) is 5.73 Å². The molecular formula is C13H21N3O. The minimum Gasteiger partial charge on any atom is -0.399 e. The number of nitrogens with zero attached hydrogens (tertiary/aromatic N) is 1. The van der Waals surface area contributed by atoms with E-state index in [9.17, 15) is 4.79 Å². The van der Waals surface area contributed by atoms with Crippen molar-refractivity contribution in [3.63, 3.8) is 0 Å². The molecule has 4 heteroatoms. The Morgan fingerprint density at radius 3 is 2.82 bits per heavy atom. The smallest absolute Gasteiger partial charge is 0.221 e. The molecule has 0 aliphatic carbocycles. The summed E-state index contributed by atoms with van der Waals surface area (Å²) in [6, 6.07) is 7.86. The summed E-state index contributed by atoms with van der Waals surface area (Å²) >= 11 is 0. The van der Waals surface area contributed by atoms with Crippen molar-refractivity contribution in [1.82, 2.24) is 10.2 Å². The van der Waals surface area contributed by atoms with Gasteiger partial charge in [0.05, 0.1) is 0 Å². The molecule has 0 radical (unpaired) electrons. The lowest BCUT2D eigenvalue weighted by Gasteiger charge is -2.20. The van der Waals surface area contributed by atoms with Gasteiger partial charge >= 0.3 is 0 Å². The highest BCUT2D eigenvalue weighted by atomic mass is 16.1. The molecule has 3 N–H and O–H groups in total. The van der Waals surface area contributed by atoms with E-state index >= 15 is 0 Å². The lowest BCUT2D eigenvalue weighted by molar-refractivity contribution is -0.120. The first-order chi connectivity index (χ1) is 8.15. The highest BCUT2D eigenvalue weighted by Gasteiger charge is 2.06. The number of nitrogens with two attached hydrogens (primary N) is 1. The van der Waals surface area contributed by atoms with E-state index in [0.29, 0.717) is 6.42 Å². The molecule has 94 valence electrons. The second kappa shape index (κ2) is 6.91. The summed E-state index contributed by atoms with van der Waals surface area (Å²) in [5, 5.41) is 2.63. The van der Waals surface area contributed by atoms with Gasteiger partial charge in [-0.2, -0.15) is 0 Å². The number of benzene rings is 1. The Balaban J connectivity index is 2.49. The van der Waals surface area contributed by atoms with Crippen molar-refractivity contribution in [2.75, 3.05) is 25.9 Å². The van der Waals surface area contributed by atoms with Gasteiger partial charge in [-0.3, -0.25) is 9.69 Å². The first kappa shape index (κ1) is 13.5. The minimum absolute atomic E-state index is 0.0797. The molecule has 1 rings (SSSR count). The van der Waals surface area contributed by atoms with Gasteiger partial charge < -0.3 is 11.1 Å². The molecule has 0 saturated carbocycles. The number of hydrogen-bond acceptors (Lipinski definition) is 3. The fourth-order valence-electron chi connectivity index (χ4n) is 1.68. The van der Waals surface area contributed by atoms with Crippen LogP contribution in [0.4, 0.5) is 5.69 Å². The third kappa shape index (κ3) is 4.87. The van der Waals surface area contributed by atoms with Gasteiger partial charge in [0, 0.05) is 32.2 Å². The van der Waals surface area contributed by atoms with E-state index in [1.807, 2.05) is 18.2 Å². The van der Waals surface area contributed by atoms with Crippen LogP contribution in [0.15, 0.2) is 24.3 Å². The SMILES string of the molecule is CCN(CCC(=O)NC)Cc1cccc(N)c1. The van der Waals surface area contributed by atoms with Crippen LogP contribution >= 0.6 is 0 Å². The molecule has 1 amide bonds. The average Bonchev–Trinajstić information content (AvgIpc) is 2.34. The second-order valence-electron chi connectivity index (χ2n) is 4.04. The molecule has 1 aromatic carbocycles. The highest BCUT2D eigenvalue weighted by molar-refractivity contribution is 5.75. The quantitative estimate of drug-likeness (QED) is 0.729. The summed E-state index contributed by atoms with van der Waals surface area (Å²) in [4.78, 5) is 13.4. The largest absolute Gasteiger partial charge is 0.399 e. The van der Waals surface area contributed by atoms with Gasteiger partial charge in [-0.15, -0.1) is 0 Å². The number of hydrogen-bond donors (Lipinski definition) is 2. The fourth-order valence-corrected chi connectivity index (χ4v) is 1.68. The Hall–Kier alpha value is -1.55. The Bertz CT molecular complexity index is 365. The zero-order chi connectivity index (χ0) is 12.7. The van der Waals surface area contributed by atoms with E-state index in [1.54, 1.807) is 7.05 Å². The third-order valence-electron chi connectivity index (χ3n) is 2.74. The van der Waals surface area contributed by atoms with Crippen LogP contribution in [-0.4, -0.2) is 30.9 Å². The van der Waals surface area contributed by atoms with Crippen molar-refractivity contribution in [2.24, 2.45) is 0 Å². The zero-order valence-electron chi connectivity index (χ0n) is 10.6. The van der Waals surface area contributed by atoms with E-state index in [-0.39, 0.29) is 5.91 Å². The van der Waals surface area contributed by atoms with Crippen molar-refractivity contribution >= 4 is 11.6 Å². The van der Waals surface area contributed by atoms with Crippen LogP contribution in [0.1, 0.15) is 18.9 Å². The van der Waals surface area contributed by atoms with Gasteiger partial charge in [-0.1, -0.05) is 19.1 Å². The first-order valence-corrected chi connectivity index (χ1v) is 5.93. The fraction of sp³-hybridized carbons (Fsp3) is 0.462. The lowest BCUT2D eigenvalue weighted by atomic mass is 10.2. The molecular weight excluding hydrogens is 214 g/mol. The zero-order valence-corrected chi connectivity index (χ0v) is 10.6. The van der Waals surface area contributed by atoms with Gasteiger partial charge in [-0.05, 0) is 24.2 Å². The summed E-state index contributed by atoms with van der Waals surface area (Å²) in [6.45, 7) is 4.62. The molecule has 0 aliphatic heterocycles. The van der Waals surface area contributed by atoms with Crippen LogP contribution in [0, 0.1) is 0 Å². The molecule has 0 heterocycles. The summed E-state index contributed by atoms with van der Waals surface area (Å²) in [6.07, 6.45) is 0.534. The average molecular weight is 235 g/mol. The van der Waals surface area contributed by atoms with Crippen LogP contribution in [0.25, 0.3) is 0 Å². The summed E-state index contributed by atoms with van der Waals surface area (Å²) in [7, 11) is 1.66. The predicted molar refractivity (Wildman–Crippen MR) is 70.5 cm³/mol. The Labute approximate surface area is 103 Å². The highest BCUT2D eigenvalue weighted by Crippen LogP contribution is 2.09. The van der Waals surface area contributed by atoms with Crippen molar-refractivity contribution in [1.29, 1.82) is 0 Å². The molecule has 0 aromatic heterocycles. The normalized spacial score (nSPS) is 10.5. The van der Waals surface area contributed by atoms with Gasteiger partial charge in [0.1, 0.15) is 0 Å². The first-order valence-electron chi connectivity index (χ1n) is 5.93. The molecule has 0 saturated heterocycles. The van der Waals surface area contributed by atoms with Gasteiger partial charge in [0.2, 0.25) is 5.91 Å². The summed E-state index contributed by atoms with van der Waals surface area (Å²) < 4.78 is 0. The van der Waals surface area contributed by atoms with Crippen molar-refractivity contribution in [2.45, 2.75) is 19.9 Å². The van der Waals surface area contributed by atoms with E-state index < -0.39 is 0 Å². The van der Waals surface area contributed by atoms with E-state index in [2.05, 4.69) is 23.2 Å². The van der Waals surface area contributed by atoms with Crippen LogP contribution in [0.2, 0.25) is 0 Å². The second-order valence-corrected chi connectivity index (χ2v) is 4.04. The maximum Gasteiger partial charge on any atom is 0.221 e. The number of rotatable bonds is 6. The van der Waals surface area contributed by atoms with Crippen molar-refractivity contribution in [3.8, 4) is 0 Å². The topological polar surface area (TPSA) is 58.4 Å². The third-order valence-corrected chi connectivity index (χ3v) is 2.74. The molecule has 0 spiro atoms. The van der Waals surface area contributed by atoms with Crippen LogP contribution in [-0.2, 0) is 11.3 Å². The number of anilines is 1. The number of carbonyl (C=O) groups excluding carboxylic acids is 1. The maximum atomic E-state index is 11.2. The summed E-state index contributed by atoms with van der Waals surface area (Å²) in [5.74, 6) is 0.0797. The Morgan fingerprint density at radius 1 is 1.47 bits per heavy atom. The van der Waals surface area contributed by atoms with E-state index in [0.717, 1.165) is 25.3 Å². The van der Waals surface area contributed by atoms with Crippen molar-refractivity contribution in [3.05, 3.63) is 29.8 Å². The van der Waals surface area contributed by atoms with Crippen LogP contribution in [0.5, 0.6) is 0 Å². The minimum atomic E-state index is 0.0797. The molecule has 0 bridgehead atoms. The number of amides is 1. The predicted octanol–water partition coefficient (Wildman–Crippen LogP) is 1.23. The molecule has 4 nitrogen and oxygen atoms in total. The molecule has 17 heavy (non-hydrogen) atoms. The van der Waals surface area contributed by atoms with Gasteiger partial charge in [-0.25, -0.2) is 0 Å². The van der Waals surface area contributed by atoms with Crippen LogP contribution in [0.3, 0.4) is 0 Å². The monoisotopic (exact) mass is 235 g/mol. The molecule has 0 fully saturated rings. The summed E-state index contributed by atoms with van der Waals surface area (Å²) in [5.41, 5.74) is 7.70. The van der Waals surface area contributed by atoms with Crippen LogP contribution < -0.4 is 11.1 Å². The Morgan fingerprint density at radius 2 is 2.24 bits per heavy atom.